The molecule has 5 heteroatoms. The molecule has 5 nitrogen and oxygen atoms in total. The van der Waals surface area contributed by atoms with Crippen molar-refractivity contribution in [2.75, 3.05) is 5.32 Å². The molecule has 0 bridgehead atoms. The molecule has 122 valence electrons. The van der Waals surface area contributed by atoms with Gasteiger partial charge in [0.2, 0.25) is 5.91 Å². The van der Waals surface area contributed by atoms with Crippen LogP contribution in [0.3, 0.4) is 0 Å². The zero-order valence-corrected chi connectivity index (χ0v) is 14.1. The van der Waals surface area contributed by atoms with E-state index < -0.39 is 12.1 Å². The van der Waals surface area contributed by atoms with E-state index in [2.05, 4.69) is 31.4 Å². The monoisotopic (exact) mass is 305 g/mol. The fourth-order valence-corrected chi connectivity index (χ4v) is 2.13. The number of anilines is 1. The highest BCUT2D eigenvalue weighted by molar-refractivity contribution is 5.97. The minimum Gasteiger partial charge on any atom is -0.352 e. The summed E-state index contributed by atoms with van der Waals surface area (Å²) in [6, 6.07) is 6.41. The molecular weight excluding hydrogens is 278 g/mol. The first kappa shape index (κ1) is 18.0. The van der Waals surface area contributed by atoms with E-state index in [1.807, 2.05) is 38.1 Å². The smallest absolute Gasteiger partial charge is 0.312 e. The number of urea groups is 1. The Morgan fingerprint density at radius 3 is 2.14 bits per heavy atom. The molecule has 3 amide bonds. The predicted octanol–water partition coefficient (Wildman–Crippen LogP) is 3.01. The van der Waals surface area contributed by atoms with Crippen LogP contribution in [0, 0.1) is 5.92 Å². The molecule has 1 aromatic carbocycles. The highest BCUT2D eigenvalue weighted by Crippen LogP contribution is 2.23. The number of benzene rings is 1. The van der Waals surface area contributed by atoms with Crippen LogP contribution >= 0.6 is 0 Å². The molecule has 0 saturated carbocycles. The third-order valence-electron chi connectivity index (χ3n) is 3.81. The maximum atomic E-state index is 12.3. The Hall–Kier alpha value is -2.04. The van der Waals surface area contributed by atoms with Gasteiger partial charge in [0.1, 0.15) is 6.04 Å². The van der Waals surface area contributed by atoms with Crippen molar-refractivity contribution in [2.24, 2.45) is 11.7 Å². The molecule has 4 N–H and O–H groups in total. The average molecular weight is 305 g/mol. The van der Waals surface area contributed by atoms with Gasteiger partial charge in [-0.25, -0.2) is 4.79 Å². The van der Waals surface area contributed by atoms with Gasteiger partial charge < -0.3 is 16.4 Å². The zero-order valence-electron chi connectivity index (χ0n) is 14.1. The van der Waals surface area contributed by atoms with Crippen LogP contribution in [0.25, 0.3) is 0 Å². The van der Waals surface area contributed by atoms with Crippen molar-refractivity contribution in [3.05, 3.63) is 29.8 Å². The van der Waals surface area contributed by atoms with E-state index in [-0.39, 0.29) is 17.2 Å². The fourth-order valence-electron chi connectivity index (χ4n) is 2.13. The number of nitrogens with one attached hydrogen (secondary N) is 2. The van der Waals surface area contributed by atoms with Crippen LogP contribution in [0.5, 0.6) is 0 Å². The van der Waals surface area contributed by atoms with Crippen molar-refractivity contribution in [1.82, 2.24) is 5.32 Å². The van der Waals surface area contributed by atoms with Gasteiger partial charge in [-0.2, -0.15) is 0 Å². The predicted molar refractivity (Wildman–Crippen MR) is 89.7 cm³/mol. The van der Waals surface area contributed by atoms with Crippen molar-refractivity contribution in [1.29, 1.82) is 0 Å². The molecule has 0 radical (unpaired) electrons. The van der Waals surface area contributed by atoms with Crippen LogP contribution in [0.4, 0.5) is 10.5 Å². The minimum absolute atomic E-state index is 0.00125. The number of amides is 3. The average Bonchev–Trinajstić information content (AvgIpc) is 2.43. The summed E-state index contributed by atoms with van der Waals surface area (Å²) in [5.74, 6) is -0.252. The van der Waals surface area contributed by atoms with Crippen LogP contribution in [-0.2, 0) is 10.2 Å². The summed E-state index contributed by atoms with van der Waals surface area (Å²) in [6.07, 6.45) is 0.765. The summed E-state index contributed by atoms with van der Waals surface area (Å²) >= 11 is 0. The summed E-state index contributed by atoms with van der Waals surface area (Å²) in [6.45, 7) is 10.3. The quantitative estimate of drug-likeness (QED) is 0.781. The van der Waals surface area contributed by atoms with Crippen LogP contribution in [0.15, 0.2) is 24.3 Å². The Kier molecular flexibility index (Phi) is 5.97. The molecule has 22 heavy (non-hydrogen) atoms. The highest BCUT2D eigenvalue weighted by atomic mass is 16.2. The van der Waals surface area contributed by atoms with E-state index in [1.54, 1.807) is 0 Å². The first-order valence-corrected chi connectivity index (χ1v) is 7.62. The van der Waals surface area contributed by atoms with E-state index in [4.69, 9.17) is 5.73 Å². The molecule has 0 aliphatic rings. The Bertz CT molecular complexity index is 518. The first-order chi connectivity index (χ1) is 10.1. The van der Waals surface area contributed by atoms with Crippen molar-refractivity contribution in [3.8, 4) is 0 Å². The number of primary amides is 1. The van der Waals surface area contributed by atoms with Crippen LogP contribution in [-0.4, -0.2) is 18.0 Å². The molecule has 0 aliphatic carbocycles. The van der Waals surface area contributed by atoms with Gasteiger partial charge in [0.15, 0.2) is 0 Å². The van der Waals surface area contributed by atoms with E-state index in [0.717, 1.165) is 6.42 Å². The van der Waals surface area contributed by atoms with Crippen LogP contribution in [0.1, 0.15) is 46.6 Å². The van der Waals surface area contributed by atoms with E-state index in [1.165, 1.54) is 5.56 Å². The van der Waals surface area contributed by atoms with Gasteiger partial charge >= 0.3 is 6.03 Å². The first-order valence-electron chi connectivity index (χ1n) is 7.62. The standard InChI is InChI=1S/C17H27N3O2/c1-6-11(2)14(20-16(18)22)15(21)19-13-9-7-12(8-10-13)17(3,4)5/h7-11,14H,6H2,1-5H3,(H,19,21)(H3,18,20,22). The minimum atomic E-state index is -0.691. The van der Waals surface area contributed by atoms with Crippen molar-refractivity contribution in [3.63, 3.8) is 0 Å². The Labute approximate surface area is 132 Å². The number of rotatable bonds is 5. The number of nitrogens with two attached hydrogens (primary N) is 1. The normalized spacial score (nSPS) is 14.0. The second kappa shape index (κ2) is 7.29. The van der Waals surface area contributed by atoms with Gasteiger partial charge in [0, 0.05) is 5.69 Å². The molecule has 1 aromatic rings. The number of carbonyl (C=O) groups excluding carboxylic acids is 2. The summed E-state index contributed by atoms with van der Waals surface area (Å²) in [5.41, 5.74) is 7.12. The molecule has 0 aliphatic heterocycles. The SMILES string of the molecule is CCC(C)C(NC(N)=O)C(=O)Nc1ccc(C(C)(C)C)cc1. The summed E-state index contributed by atoms with van der Waals surface area (Å²) in [4.78, 5) is 23.4. The second-order valence-electron chi connectivity index (χ2n) is 6.69. The number of hydrogen-bond donors (Lipinski definition) is 3. The maximum absolute atomic E-state index is 12.3. The highest BCUT2D eigenvalue weighted by Gasteiger charge is 2.25. The lowest BCUT2D eigenvalue weighted by Crippen LogP contribution is -2.49. The Balaban J connectivity index is 2.83. The lowest BCUT2D eigenvalue weighted by atomic mass is 9.87. The third-order valence-corrected chi connectivity index (χ3v) is 3.81. The van der Waals surface area contributed by atoms with Gasteiger partial charge in [0.25, 0.3) is 0 Å². The molecule has 1 rings (SSSR count). The Morgan fingerprint density at radius 2 is 1.73 bits per heavy atom. The Morgan fingerprint density at radius 1 is 1.18 bits per heavy atom. The summed E-state index contributed by atoms with van der Waals surface area (Å²) in [7, 11) is 0. The lowest BCUT2D eigenvalue weighted by molar-refractivity contribution is -0.119. The lowest BCUT2D eigenvalue weighted by Gasteiger charge is -2.23. The molecule has 0 heterocycles. The molecule has 0 spiro atoms. The van der Waals surface area contributed by atoms with Crippen molar-refractivity contribution < 1.29 is 9.59 Å². The molecule has 2 unspecified atom stereocenters. The largest absolute Gasteiger partial charge is 0.352 e. The van der Waals surface area contributed by atoms with Gasteiger partial charge in [-0.05, 0) is 29.0 Å². The van der Waals surface area contributed by atoms with Crippen molar-refractivity contribution in [2.45, 2.75) is 52.5 Å². The molecule has 0 fully saturated rings. The maximum Gasteiger partial charge on any atom is 0.312 e. The number of carbonyl (C=O) groups is 2. The summed E-state index contributed by atoms with van der Waals surface area (Å²) in [5, 5.41) is 5.35. The van der Waals surface area contributed by atoms with E-state index in [0.29, 0.717) is 5.69 Å². The van der Waals surface area contributed by atoms with Gasteiger partial charge in [0.05, 0.1) is 0 Å². The zero-order chi connectivity index (χ0) is 16.9. The fraction of sp³-hybridized carbons (Fsp3) is 0.529. The third kappa shape index (κ3) is 5.06. The van der Waals surface area contributed by atoms with Gasteiger partial charge in [-0.3, -0.25) is 4.79 Å². The topological polar surface area (TPSA) is 84.2 Å². The molecule has 0 aromatic heterocycles. The van der Waals surface area contributed by atoms with Gasteiger partial charge in [-0.1, -0.05) is 53.2 Å². The number of hydrogen-bond acceptors (Lipinski definition) is 2. The molecular formula is C17H27N3O2. The van der Waals surface area contributed by atoms with Crippen molar-refractivity contribution >= 4 is 17.6 Å². The summed E-state index contributed by atoms with van der Waals surface area (Å²) < 4.78 is 0. The molecule has 2 atom stereocenters. The van der Waals surface area contributed by atoms with Gasteiger partial charge in [-0.15, -0.1) is 0 Å². The second-order valence-corrected chi connectivity index (χ2v) is 6.69. The van der Waals surface area contributed by atoms with E-state index in [9.17, 15) is 9.59 Å². The van der Waals surface area contributed by atoms with Crippen LogP contribution < -0.4 is 16.4 Å². The van der Waals surface area contributed by atoms with Crippen LogP contribution in [0.2, 0.25) is 0 Å². The molecule has 0 saturated heterocycles. The van der Waals surface area contributed by atoms with E-state index >= 15 is 0 Å².